The minimum absolute atomic E-state index is 0.122. The summed E-state index contributed by atoms with van der Waals surface area (Å²) >= 11 is 12.6. The minimum atomic E-state index is -3.47. The van der Waals surface area contributed by atoms with E-state index in [1.165, 1.54) is 4.31 Å². The van der Waals surface area contributed by atoms with E-state index < -0.39 is 33.5 Å². The van der Waals surface area contributed by atoms with Crippen LogP contribution in [0.25, 0.3) is 0 Å². The average Bonchev–Trinajstić information content (AvgIpc) is 3.70. The van der Waals surface area contributed by atoms with E-state index in [-0.39, 0.29) is 30.0 Å². The first-order valence-corrected chi connectivity index (χ1v) is 15.1. The highest BCUT2D eigenvalue weighted by molar-refractivity contribution is 7.90. The predicted octanol–water partition coefficient (Wildman–Crippen LogP) is 5.73. The van der Waals surface area contributed by atoms with E-state index in [1.807, 2.05) is 37.3 Å². The zero-order valence-corrected chi connectivity index (χ0v) is 24.1. The lowest BCUT2D eigenvalue weighted by atomic mass is 9.67. The van der Waals surface area contributed by atoms with Crippen molar-refractivity contribution in [2.45, 2.75) is 69.2 Å². The molecule has 1 N–H and O–H groups in total. The second-order valence-corrected chi connectivity index (χ2v) is 14.0. The Kier molecular flexibility index (Phi) is 8.48. The van der Waals surface area contributed by atoms with Crippen LogP contribution in [0.15, 0.2) is 48.5 Å². The number of likely N-dealkylation sites (N-methyl/N-ethyl adjacent to an activating group) is 1. The number of likely N-dealkylation sites (tertiary alicyclic amines) is 1. The van der Waals surface area contributed by atoms with Gasteiger partial charge in [0.15, 0.2) is 0 Å². The summed E-state index contributed by atoms with van der Waals surface area (Å²) in [5.41, 5.74) is 0.542. The molecule has 206 valence electrons. The van der Waals surface area contributed by atoms with Gasteiger partial charge in [0.2, 0.25) is 15.9 Å². The van der Waals surface area contributed by atoms with Crippen LogP contribution in [0.4, 0.5) is 0 Å². The number of sulfonamides is 1. The molecule has 1 saturated carbocycles. The summed E-state index contributed by atoms with van der Waals surface area (Å²) in [4.78, 5) is 28.0. The van der Waals surface area contributed by atoms with Crippen LogP contribution in [0, 0.1) is 5.41 Å². The molecule has 2 aromatic rings. The average molecular weight is 582 g/mol. The maximum absolute atomic E-state index is 14.3. The van der Waals surface area contributed by atoms with Crippen molar-refractivity contribution in [2.75, 3.05) is 13.6 Å². The van der Waals surface area contributed by atoms with Crippen LogP contribution >= 0.6 is 23.2 Å². The normalized spacial score (nSPS) is 25.0. The lowest BCUT2D eigenvalue weighted by Crippen LogP contribution is -2.58. The number of rotatable bonds is 10. The summed E-state index contributed by atoms with van der Waals surface area (Å²) in [6.45, 7) is 3.74. The van der Waals surface area contributed by atoms with Crippen LogP contribution in [0.2, 0.25) is 10.0 Å². The molecular formula is C28H34Cl2N2O5S. The van der Waals surface area contributed by atoms with Crippen molar-refractivity contribution in [3.63, 3.8) is 0 Å². The van der Waals surface area contributed by atoms with Gasteiger partial charge in [0, 0.05) is 35.6 Å². The Hall–Kier alpha value is -2.13. The van der Waals surface area contributed by atoms with E-state index in [0.29, 0.717) is 35.7 Å². The molecule has 7 nitrogen and oxygen atoms in total. The molecule has 2 aromatic carbocycles. The first-order chi connectivity index (χ1) is 17.9. The lowest BCUT2D eigenvalue weighted by molar-refractivity contribution is -0.160. The van der Waals surface area contributed by atoms with Crippen LogP contribution in [0.1, 0.15) is 69.0 Å². The molecule has 1 amide bonds. The van der Waals surface area contributed by atoms with Crippen LogP contribution in [0.5, 0.6) is 0 Å². The first kappa shape index (κ1) is 28.9. The Bertz CT molecular complexity index is 1300. The minimum Gasteiger partial charge on any atom is -0.481 e. The molecule has 2 fully saturated rings. The number of amides is 1. The molecule has 38 heavy (non-hydrogen) atoms. The second-order valence-electron chi connectivity index (χ2n) is 10.8. The monoisotopic (exact) mass is 580 g/mol. The quantitative estimate of drug-likeness (QED) is 0.387. The van der Waals surface area contributed by atoms with Crippen molar-refractivity contribution < 1.29 is 23.1 Å². The number of carboxylic acid groups (broad SMARTS) is 1. The number of piperidine rings is 1. The Morgan fingerprint density at radius 3 is 2.34 bits per heavy atom. The van der Waals surface area contributed by atoms with Gasteiger partial charge in [-0.05, 0) is 61.1 Å². The molecule has 0 bridgehead atoms. The number of nitrogens with zero attached hydrogens (tertiary/aromatic N) is 2. The van der Waals surface area contributed by atoms with Gasteiger partial charge in [-0.3, -0.25) is 9.59 Å². The van der Waals surface area contributed by atoms with Gasteiger partial charge >= 0.3 is 5.97 Å². The van der Waals surface area contributed by atoms with Crippen molar-refractivity contribution in [1.82, 2.24) is 9.21 Å². The Labute approximate surface area is 234 Å². The van der Waals surface area contributed by atoms with Crippen molar-refractivity contribution in [1.29, 1.82) is 0 Å². The molecule has 0 spiro atoms. The highest BCUT2D eigenvalue weighted by atomic mass is 35.5. The Morgan fingerprint density at radius 1 is 1.13 bits per heavy atom. The summed E-state index contributed by atoms with van der Waals surface area (Å²) in [5.74, 6) is -1.63. The smallest absolute Gasteiger partial charge is 0.304 e. The third-order valence-corrected chi connectivity index (χ3v) is 10.7. The van der Waals surface area contributed by atoms with Gasteiger partial charge < -0.3 is 10.0 Å². The number of hydrogen-bond acceptors (Lipinski definition) is 4. The highest BCUT2D eigenvalue weighted by Gasteiger charge is 2.52. The topological polar surface area (TPSA) is 95.0 Å². The van der Waals surface area contributed by atoms with Crippen LogP contribution in [-0.2, 0) is 19.6 Å². The SMILES string of the molecule is CCC(CN(C)S(=O)(=O)C1CC1)N1C(=O)[C@@](C)(CC(=O)O)C[C@H](c2cccc(Cl)c2)C1c1ccc(Cl)cc1. The molecule has 1 aliphatic heterocycles. The van der Waals surface area contributed by atoms with E-state index >= 15 is 0 Å². The first-order valence-electron chi connectivity index (χ1n) is 12.9. The van der Waals surface area contributed by atoms with Crippen molar-refractivity contribution >= 4 is 45.1 Å². The van der Waals surface area contributed by atoms with Crippen LogP contribution in [0.3, 0.4) is 0 Å². The van der Waals surface area contributed by atoms with Crippen LogP contribution < -0.4 is 0 Å². The molecule has 1 aliphatic carbocycles. The third kappa shape index (κ3) is 5.88. The number of benzene rings is 2. The van der Waals surface area contributed by atoms with Gasteiger partial charge in [-0.15, -0.1) is 0 Å². The standard InChI is InChI=1S/C28H34Cl2N2O5S/c1-4-22(17-31(3)38(36,37)23-12-13-23)32-26(18-8-10-20(29)11-9-18)24(19-6-5-7-21(30)14-19)15-28(2,27(32)35)16-25(33)34/h5-11,14,22-24,26H,4,12-13,15-17H2,1-3H3,(H,33,34)/t22?,24-,26?,28-/m1/s1. The molecule has 2 aliphatic rings. The number of carbonyl (C=O) groups is 2. The van der Waals surface area contributed by atoms with Crippen molar-refractivity contribution in [3.8, 4) is 0 Å². The van der Waals surface area contributed by atoms with Gasteiger partial charge in [0.25, 0.3) is 0 Å². The number of hydrogen-bond donors (Lipinski definition) is 1. The Morgan fingerprint density at radius 2 is 1.79 bits per heavy atom. The summed E-state index contributed by atoms with van der Waals surface area (Å²) in [6, 6.07) is 13.8. The molecule has 2 unspecified atom stereocenters. The van der Waals surface area contributed by atoms with Crippen molar-refractivity contribution in [2.24, 2.45) is 5.41 Å². The van der Waals surface area contributed by atoms with E-state index in [0.717, 1.165) is 11.1 Å². The summed E-state index contributed by atoms with van der Waals surface area (Å²) in [7, 11) is -1.91. The van der Waals surface area contributed by atoms with Gasteiger partial charge in [-0.1, -0.05) is 61.3 Å². The zero-order chi connectivity index (χ0) is 27.8. The zero-order valence-electron chi connectivity index (χ0n) is 21.8. The molecule has 1 heterocycles. The summed E-state index contributed by atoms with van der Waals surface area (Å²) in [5, 5.41) is 10.5. The molecule has 4 atom stereocenters. The fourth-order valence-corrected chi connectivity index (χ4v) is 7.66. The molecule has 4 rings (SSSR count). The van der Waals surface area contributed by atoms with E-state index in [4.69, 9.17) is 23.2 Å². The van der Waals surface area contributed by atoms with E-state index in [9.17, 15) is 23.1 Å². The van der Waals surface area contributed by atoms with Gasteiger partial charge in [-0.25, -0.2) is 12.7 Å². The Balaban J connectivity index is 1.86. The number of halogens is 2. The second kappa shape index (κ2) is 11.2. The molecular weight excluding hydrogens is 547 g/mol. The molecule has 1 saturated heterocycles. The molecule has 0 radical (unpaired) electrons. The lowest BCUT2D eigenvalue weighted by Gasteiger charge is -2.52. The fraction of sp³-hybridized carbons (Fsp3) is 0.500. The molecule has 10 heteroatoms. The third-order valence-electron chi connectivity index (χ3n) is 7.84. The largest absolute Gasteiger partial charge is 0.481 e. The highest BCUT2D eigenvalue weighted by Crippen LogP contribution is 2.52. The van der Waals surface area contributed by atoms with Gasteiger partial charge in [0.05, 0.1) is 23.1 Å². The maximum atomic E-state index is 14.3. The predicted molar refractivity (Wildman–Crippen MR) is 149 cm³/mol. The maximum Gasteiger partial charge on any atom is 0.304 e. The van der Waals surface area contributed by atoms with E-state index in [2.05, 4.69) is 0 Å². The van der Waals surface area contributed by atoms with Crippen LogP contribution in [-0.4, -0.2) is 59.5 Å². The summed E-state index contributed by atoms with van der Waals surface area (Å²) in [6.07, 6.45) is 1.75. The van der Waals surface area contributed by atoms with Gasteiger partial charge in [0.1, 0.15) is 0 Å². The summed E-state index contributed by atoms with van der Waals surface area (Å²) < 4.78 is 27.4. The van der Waals surface area contributed by atoms with Crippen molar-refractivity contribution in [3.05, 3.63) is 69.7 Å². The van der Waals surface area contributed by atoms with E-state index in [1.54, 1.807) is 37.1 Å². The number of carboxylic acids is 1. The fourth-order valence-electron chi connectivity index (χ4n) is 5.72. The number of carbonyl (C=O) groups excluding carboxylic acids is 1. The number of aliphatic carboxylic acids is 1. The van der Waals surface area contributed by atoms with Gasteiger partial charge in [-0.2, -0.15) is 0 Å². The molecule has 0 aromatic heterocycles.